The molecule has 0 spiro atoms. The van der Waals surface area contributed by atoms with Crippen LogP contribution in [0, 0.1) is 5.92 Å². The van der Waals surface area contributed by atoms with Gasteiger partial charge in [-0.05, 0) is 6.92 Å². The molecule has 0 saturated carbocycles. The molecule has 3 atom stereocenters. The lowest BCUT2D eigenvalue weighted by Gasteiger charge is -2.44. The Labute approximate surface area is 185 Å². The standard InChI is InChI=1S/C23H25N3O4S/c1-15(27)20-18-13-19(21(23(29)30)26(18)22(20)28)31-12-9-24-17-7-10-25(11-8-17)14-16-5-3-2-4-6-16/h2-8,10-11,15,18,20,27H,9,12-14H2,1H3,(H,29,30)/p+1/t15?,18-,20-/m1/s1. The second-order valence-electron chi connectivity index (χ2n) is 7.84. The number of carbonyl (C=O) groups is 2. The topological polar surface area (TPSA) is 93.8 Å². The SMILES string of the molecule is CC(O)[C@H]1C(=O)N2C(C(=O)O)=C(SCCNc3cc[n+](Cc4ccccc4)cc3)C[C@H]12. The van der Waals surface area contributed by atoms with Gasteiger partial charge in [0.2, 0.25) is 5.91 Å². The molecule has 7 nitrogen and oxygen atoms in total. The first-order chi connectivity index (χ1) is 15.0. The van der Waals surface area contributed by atoms with Gasteiger partial charge in [0.25, 0.3) is 0 Å². The van der Waals surface area contributed by atoms with Crippen LogP contribution in [0.5, 0.6) is 0 Å². The summed E-state index contributed by atoms with van der Waals surface area (Å²) in [6.07, 6.45) is 3.78. The number of hydrogen-bond acceptors (Lipinski definition) is 5. The smallest absolute Gasteiger partial charge is 0.353 e. The summed E-state index contributed by atoms with van der Waals surface area (Å²) in [6.45, 7) is 3.06. The second kappa shape index (κ2) is 9.11. The Balaban J connectivity index is 1.29. The number of carbonyl (C=O) groups excluding carboxylic acids is 1. The van der Waals surface area contributed by atoms with Crippen LogP contribution in [0.1, 0.15) is 18.9 Å². The van der Waals surface area contributed by atoms with E-state index in [9.17, 15) is 19.8 Å². The predicted molar refractivity (Wildman–Crippen MR) is 118 cm³/mol. The Kier molecular flexibility index (Phi) is 6.29. The summed E-state index contributed by atoms with van der Waals surface area (Å²) in [5.41, 5.74) is 2.32. The number of aliphatic hydroxyl groups is 1. The number of β-lactam (4-membered cyclic amide) rings is 1. The Morgan fingerprint density at radius 2 is 1.97 bits per heavy atom. The maximum absolute atomic E-state index is 12.2. The van der Waals surface area contributed by atoms with Crippen molar-refractivity contribution in [2.24, 2.45) is 5.92 Å². The van der Waals surface area contributed by atoms with Crippen molar-refractivity contribution in [1.29, 1.82) is 0 Å². The average Bonchev–Trinajstić information content (AvgIpc) is 3.07. The van der Waals surface area contributed by atoms with Crippen LogP contribution in [0.4, 0.5) is 5.69 Å². The molecule has 0 radical (unpaired) electrons. The molecule has 2 aliphatic heterocycles. The van der Waals surface area contributed by atoms with Crippen LogP contribution in [0.2, 0.25) is 0 Å². The monoisotopic (exact) mass is 440 g/mol. The van der Waals surface area contributed by atoms with Crippen molar-refractivity contribution in [2.45, 2.75) is 32.0 Å². The number of nitrogens with one attached hydrogen (secondary N) is 1. The molecule has 1 aromatic carbocycles. The van der Waals surface area contributed by atoms with Crippen molar-refractivity contribution in [2.75, 3.05) is 17.6 Å². The minimum atomic E-state index is -1.08. The van der Waals surface area contributed by atoms with Gasteiger partial charge >= 0.3 is 5.97 Å². The Bertz CT molecular complexity index is 992. The number of aliphatic carboxylic acids is 1. The highest BCUT2D eigenvalue weighted by Gasteiger charge is 2.56. The number of fused-ring (bicyclic) bond motifs is 1. The van der Waals surface area contributed by atoms with E-state index in [1.807, 2.05) is 42.7 Å². The summed E-state index contributed by atoms with van der Waals surface area (Å²) in [5.74, 6) is -1.20. The second-order valence-corrected chi connectivity index (χ2v) is 9.03. The van der Waals surface area contributed by atoms with Gasteiger partial charge in [0.1, 0.15) is 5.70 Å². The van der Waals surface area contributed by atoms with Crippen LogP contribution in [0.25, 0.3) is 0 Å². The molecule has 3 N–H and O–H groups in total. The first-order valence-electron chi connectivity index (χ1n) is 10.3. The van der Waals surface area contributed by atoms with E-state index in [0.29, 0.717) is 23.6 Å². The van der Waals surface area contributed by atoms with Crippen molar-refractivity contribution >= 4 is 29.3 Å². The fourth-order valence-corrected chi connectivity index (χ4v) is 5.27. The number of carboxylic acid groups (broad SMARTS) is 1. The highest BCUT2D eigenvalue weighted by molar-refractivity contribution is 8.03. The lowest BCUT2D eigenvalue weighted by molar-refractivity contribution is -0.688. The van der Waals surface area contributed by atoms with Gasteiger partial charge in [-0.25, -0.2) is 9.36 Å². The lowest BCUT2D eigenvalue weighted by Crippen LogP contribution is -2.61. The van der Waals surface area contributed by atoms with Crippen LogP contribution in [-0.2, 0) is 16.1 Å². The molecule has 1 aromatic heterocycles. The van der Waals surface area contributed by atoms with Crippen LogP contribution in [0.15, 0.2) is 65.5 Å². The van der Waals surface area contributed by atoms with E-state index in [0.717, 1.165) is 12.2 Å². The molecule has 2 aromatic rings. The van der Waals surface area contributed by atoms with E-state index in [-0.39, 0.29) is 17.6 Å². The van der Waals surface area contributed by atoms with Crippen molar-refractivity contribution < 1.29 is 24.4 Å². The molecule has 1 amide bonds. The largest absolute Gasteiger partial charge is 0.477 e. The number of aromatic nitrogens is 1. The van der Waals surface area contributed by atoms with E-state index in [1.165, 1.54) is 22.2 Å². The third kappa shape index (κ3) is 4.45. The summed E-state index contributed by atoms with van der Waals surface area (Å²) in [6, 6.07) is 14.1. The summed E-state index contributed by atoms with van der Waals surface area (Å²) in [5, 5.41) is 22.7. The summed E-state index contributed by atoms with van der Waals surface area (Å²) >= 11 is 1.46. The minimum Gasteiger partial charge on any atom is -0.477 e. The molecule has 31 heavy (non-hydrogen) atoms. The Morgan fingerprint density at radius 1 is 1.26 bits per heavy atom. The van der Waals surface area contributed by atoms with E-state index in [2.05, 4.69) is 22.0 Å². The molecule has 162 valence electrons. The molecule has 8 heteroatoms. The highest BCUT2D eigenvalue weighted by atomic mass is 32.2. The van der Waals surface area contributed by atoms with E-state index in [1.54, 1.807) is 6.92 Å². The van der Waals surface area contributed by atoms with Crippen LogP contribution in [-0.4, -0.2) is 51.4 Å². The number of rotatable bonds is 9. The number of pyridine rings is 1. The maximum atomic E-state index is 12.2. The molecular weight excluding hydrogens is 414 g/mol. The number of amides is 1. The number of benzene rings is 1. The van der Waals surface area contributed by atoms with Crippen LogP contribution in [0.3, 0.4) is 0 Å². The van der Waals surface area contributed by atoms with Crippen molar-refractivity contribution in [3.05, 3.63) is 71.0 Å². The molecule has 4 rings (SSSR count). The fraction of sp³-hybridized carbons (Fsp3) is 0.348. The first kappa shape index (κ1) is 21.4. The van der Waals surface area contributed by atoms with E-state index >= 15 is 0 Å². The number of aliphatic hydroxyl groups excluding tert-OH is 1. The van der Waals surface area contributed by atoms with E-state index < -0.39 is 18.0 Å². The van der Waals surface area contributed by atoms with Crippen LogP contribution < -0.4 is 9.88 Å². The Morgan fingerprint density at radius 3 is 2.61 bits per heavy atom. The average molecular weight is 441 g/mol. The summed E-state index contributed by atoms with van der Waals surface area (Å²) in [4.78, 5) is 26.0. The zero-order valence-electron chi connectivity index (χ0n) is 17.3. The predicted octanol–water partition coefficient (Wildman–Crippen LogP) is 2.08. The maximum Gasteiger partial charge on any atom is 0.353 e. The van der Waals surface area contributed by atoms with Crippen molar-refractivity contribution in [3.8, 4) is 0 Å². The van der Waals surface area contributed by atoms with Crippen LogP contribution >= 0.6 is 11.8 Å². The van der Waals surface area contributed by atoms with Crippen molar-refractivity contribution in [1.82, 2.24) is 4.90 Å². The number of carboxylic acids is 1. The molecule has 1 saturated heterocycles. The zero-order valence-corrected chi connectivity index (χ0v) is 18.1. The van der Waals surface area contributed by atoms with Gasteiger partial charge in [0, 0.05) is 47.0 Å². The van der Waals surface area contributed by atoms with Gasteiger partial charge in [-0.3, -0.25) is 4.79 Å². The highest BCUT2D eigenvalue weighted by Crippen LogP contribution is 2.46. The summed E-state index contributed by atoms with van der Waals surface area (Å²) < 4.78 is 2.11. The third-order valence-corrected chi connectivity index (χ3v) is 6.81. The lowest BCUT2D eigenvalue weighted by atomic mass is 9.83. The molecule has 1 unspecified atom stereocenters. The molecule has 0 bridgehead atoms. The van der Waals surface area contributed by atoms with Gasteiger partial charge in [0.15, 0.2) is 18.9 Å². The van der Waals surface area contributed by atoms with Gasteiger partial charge in [0.05, 0.1) is 18.1 Å². The minimum absolute atomic E-state index is 0.0820. The van der Waals surface area contributed by atoms with Gasteiger partial charge < -0.3 is 20.4 Å². The summed E-state index contributed by atoms with van der Waals surface area (Å²) in [7, 11) is 0. The molecule has 2 aliphatic rings. The van der Waals surface area contributed by atoms with Gasteiger partial charge in [-0.2, -0.15) is 0 Å². The first-order valence-corrected chi connectivity index (χ1v) is 11.3. The quantitative estimate of drug-likeness (QED) is 0.314. The van der Waals surface area contributed by atoms with Crippen molar-refractivity contribution in [3.63, 3.8) is 0 Å². The van der Waals surface area contributed by atoms with Gasteiger partial charge in [-0.1, -0.05) is 30.3 Å². The van der Waals surface area contributed by atoms with E-state index in [4.69, 9.17) is 0 Å². The van der Waals surface area contributed by atoms with Gasteiger partial charge in [-0.15, -0.1) is 11.8 Å². The normalized spacial score (nSPS) is 21.0. The number of hydrogen-bond donors (Lipinski definition) is 3. The number of anilines is 1. The molecule has 0 aliphatic carbocycles. The molecule has 3 heterocycles. The number of nitrogens with zero attached hydrogens (tertiary/aromatic N) is 2. The number of thioether (sulfide) groups is 1. The zero-order chi connectivity index (χ0) is 22.0. The fourth-order valence-electron chi connectivity index (χ4n) is 4.20. The molecular formula is C23H26N3O4S+. The third-order valence-electron chi connectivity index (χ3n) is 5.70. The Hall–Kier alpha value is -2.84. The molecule has 1 fully saturated rings.